The maximum Gasteiger partial charge on any atom is 0.340 e. The molecule has 3 N–H and O–H groups in total. The first-order valence-corrected chi connectivity index (χ1v) is 7.04. The third-order valence-corrected chi connectivity index (χ3v) is 3.23. The van der Waals surface area contributed by atoms with Crippen LogP contribution in [0, 0.1) is 6.92 Å². The number of hydrogen-bond donors (Lipinski definition) is 3. The lowest BCUT2D eigenvalue weighted by atomic mass is 10.1. The molecular formula is C17H15N3O3. The summed E-state index contributed by atoms with van der Waals surface area (Å²) in [7, 11) is 0. The van der Waals surface area contributed by atoms with E-state index in [1.54, 1.807) is 30.3 Å². The summed E-state index contributed by atoms with van der Waals surface area (Å²) in [5.41, 5.74) is 6.72. The van der Waals surface area contributed by atoms with Gasteiger partial charge < -0.3 is 4.42 Å². The number of anilines is 1. The van der Waals surface area contributed by atoms with Crippen LogP contribution in [0.4, 0.5) is 10.7 Å². The zero-order chi connectivity index (χ0) is 16.2. The summed E-state index contributed by atoms with van der Waals surface area (Å²) in [5, 5.41) is 3.40. The Bertz CT molecular complexity index is 837. The standard InChI is InChI=1S/C17H15N3O3/c1-11-5-4-7-13(9-11)16(21)19-20-17(22)18-15-10-12-6-2-3-8-14(12)23-15/h2-10H,1H3,(H,19,21)(H2,18,20,22). The predicted octanol–water partition coefficient (Wildman–Crippen LogP) is 3.21. The van der Waals surface area contributed by atoms with Crippen molar-refractivity contribution in [3.8, 4) is 0 Å². The van der Waals surface area contributed by atoms with Gasteiger partial charge in [-0.05, 0) is 25.1 Å². The molecule has 0 spiro atoms. The van der Waals surface area contributed by atoms with Gasteiger partial charge in [-0.1, -0.05) is 35.9 Å². The Labute approximate surface area is 132 Å². The largest absolute Gasteiger partial charge is 0.440 e. The molecular weight excluding hydrogens is 294 g/mol. The maximum absolute atomic E-state index is 11.9. The van der Waals surface area contributed by atoms with Crippen LogP contribution in [0.5, 0.6) is 0 Å². The highest BCUT2D eigenvalue weighted by molar-refractivity contribution is 5.97. The first kappa shape index (κ1) is 14.6. The Kier molecular flexibility index (Phi) is 3.97. The van der Waals surface area contributed by atoms with Gasteiger partial charge in [0, 0.05) is 17.0 Å². The van der Waals surface area contributed by atoms with E-state index in [1.165, 1.54) is 0 Å². The Morgan fingerprint density at radius 1 is 0.957 bits per heavy atom. The number of para-hydroxylation sites is 1. The Balaban J connectivity index is 1.58. The van der Waals surface area contributed by atoms with Crippen molar-refractivity contribution in [2.24, 2.45) is 0 Å². The molecule has 116 valence electrons. The molecule has 0 radical (unpaired) electrons. The smallest absolute Gasteiger partial charge is 0.340 e. The maximum atomic E-state index is 11.9. The van der Waals surface area contributed by atoms with E-state index in [0.717, 1.165) is 10.9 Å². The summed E-state index contributed by atoms with van der Waals surface area (Å²) in [6.45, 7) is 1.89. The third kappa shape index (κ3) is 3.49. The van der Waals surface area contributed by atoms with Crippen LogP contribution in [0.15, 0.2) is 59.0 Å². The second kappa shape index (κ2) is 6.23. The van der Waals surface area contributed by atoms with Gasteiger partial charge in [0.25, 0.3) is 5.91 Å². The molecule has 3 rings (SSSR count). The topological polar surface area (TPSA) is 83.4 Å². The summed E-state index contributed by atoms with van der Waals surface area (Å²) >= 11 is 0. The van der Waals surface area contributed by atoms with Crippen molar-refractivity contribution >= 4 is 28.8 Å². The normalized spacial score (nSPS) is 10.3. The molecule has 1 heterocycles. The minimum Gasteiger partial charge on any atom is -0.440 e. The number of urea groups is 1. The number of furan rings is 1. The summed E-state index contributed by atoms with van der Waals surface area (Å²) in [5.74, 6) is -0.0954. The van der Waals surface area contributed by atoms with E-state index < -0.39 is 11.9 Å². The van der Waals surface area contributed by atoms with E-state index in [9.17, 15) is 9.59 Å². The molecule has 0 fully saturated rings. The molecule has 3 amide bonds. The minimum atomic E-state index is -0.593. The highest BCUT2D eigenvalue weighted by atomic mass is 16.4. The average molecular weight is 309 g/mol. The lowest BCUT2D eigenvalue weighted by molar-refractivity contribution is 0.0937. The lowest BCUT2D eigenvalue weighted by Gasteiger charge is -2.07. The molecule has 0 bridgehead atoms. The molecule has 0 aliphatic heterocycles. The Morgan fingerprint density at radius 3 is 2.57 bits per heavy atom. The zero-order valence-corrected chi connectivity index (χ0v) is 12.4. The lowest BCUT2D eigenvalue weighted by Crippen LogP contribution is -2.43. The van der Waals surface area contributed by atoms with Crippen molar-refractivity contribution in [3.63, 3.8) is 0 Å². The van der Waals surface area contributed by atoms with Gasteiger partial charge in [-0.3, -0.25) is 15.5 Å². The van der Waals surface area contributed by atoms with E-state index in [1.807, 2.05) is 31.2 Å². The van der Waals surface area contributed by atoms with Crippen LogP contribution in [0.1, 0.15) is 15.9 Å². The highest BCUT2D eigenvalue weighted by Crippen LogP contribution is 2.22. The van der Waals surface area contributed by atoms with Crippen LogP contribution >= 0.6 is 0 Å². The van der Waals surface area contributed by atoms with E-state index in [4.69, 9.17) is 4.42 Å². The van der Waals surface area contributed by atoms with E-state index in [2.05, 4.69) is 16.2 Å². The minimum absolute atomic E-state index is 0.300. The van der Waals surface area contributed by atoms with Crippen molar-refractivity contribution < 1.29 is 14.0 Å². The molecule has 23 heavy (non-hydrogen) atoms. The molecule has 2 aromatic carbocycles. The number of amides is 3. The van der Waals surface area contributed by atoms with Gasteiger partial charge in [-0.2, -0.15) is 0 Å². The van der Waals surface area contributed by atoms with E-state index >= 15 is 0 Å². The molecule has 0 aliphatic rings. The predicted molar refractivity (Wildman–Crippen MR) is 87.0 cm³/mol. The van der Waals surface area contributed by atoms with Gasteiger partial charge in [-0.15, -0.1) is 0 Å². The number of nitrogens with one attached hydrogen (secondary N) is 3. The fourth-order valence-corrected chi connectivity index (χ4v) is 2.16. The third-order valence-electron chi connectivity index (χ3n) is 3.23. The van der Waals surface area contributed by atoms with Gasteiger partial charge >= 0.3 is 6.03 Å². The van der Waals surface area contributed by atoms with Crippen LogP contribution in [-0.4, -0.2) is 11.9 Å². The van der Waals surface area contributed by atoms with Gasteiger partial charge in [0.05, 0.1) is 0 Å². The second-order valence-corrected chi connectivity index (χ2v) is 5.05. The Morgan fingerprint density at radius 2 is 1.78 bits per heavy atom. The molecule has 0 atom stereocenters. The highest BCUT2D eigenvalue weighted by Gasteiger charge is 2.09. The van der Waals surface area contributed by atoms with Gasteiger partial charge in [0.2, 0.25) is 5.88 Å². The molecule has 0 unspecified atom stereocenters. The number of fused-ring (bicyclic) bond motifs is 1. The molecule has 3 aromatic rings. The molecule has 1 aromatic heterocycles. The van der Waals surface area contributed by atoms with Crippen molar-refractivity contribution in [2.45, 2.75) is 6.92 Å². The molecule has 0 aliphatic carbocycles. The number of carbonyl (C=O) groups is 2. The second-order valence-electron chi connectivity index (χ2n) is 5.05. The molecule has 0 saturated heterocycles. The Hall–Kier alpha value is -3.28. The first-order valence-electron chi connectivity index (χ1n) is 7.04. The van der Waals surface area contributed by atoms with Gasteiger partial charge in [0.1, 0.15) is 5.58 Å². The van der Waals surface area contributed by atoms with Crippen molar-refractivity contribution in [3.05, 3.63) is 65.7 Å². The number of hydrogen-bond acceptors (Lipinski definition) is 3. The van der Waals surface area contributed by atoms with Gasteiger partial charge in [-0.25, -0.2) is 10.2 Å². The average Bonchev–Trinajstić information content (AvgIpc) is 2.94. The molecule has 6 heteroatoms. The zero-order valence-electron chi connectivity index (χ0n) is 12.4. The van der Waals surface area contributed by atoms with Crippen LogP contribution in [-0.2, 0) is 0 Å². The summed E-state index contributed by atoms with van der Waals surface area (Å²) < 4.78 is 5.46. The van der Waals surface area contributed by atoms with Crippen LogP contribution in [0.2, 0.25) is 0 Å². The van der Waals surface area contributed by atoms with Crippen molar-refractivity contribution in [1.82, 2.24) is 10.9 Å². The number of rotatable bonds is 2. The van der Waals surface area contributed by atoms with Crippen LogP contribution < -0.4 is 16.2 Å². The number of benzene rings is 2. The van der Waals surface area contributed by atoms with Crippen molar-refractivity contribution in [1.29, 1.82) is 0 Å². The quantitative estimate of drug-likeness (QED) is 0.636. The van der Waals surface area contributed by atoms with Crippen LogP contribution in [0.3, 0.4) is 0 Å². The summed E-state index contributed by atoms with van der Waals surface area (Å²) in [4.78, 5) is 23.7. The number of carbonyl (C=O) groups excluding carboxylic acids is 2. The molecule has 6 nitrogen and oxygen atoms in total. The van der Waals surface area contributed by atoms with Crippen LogP contribution in [0.25, 0.3) is 11.0 Å². The first-order chi connectivity index (χ1) is 11.1. The number of hydrazine groups is 1. The summed E-state index contributed by atoms with van der Waals surface area (Å²) in [6.07, 6.45) is 0. The fraction of sp³-hybridized carbons (Fsp3) is 0.0588. The monoisotopic (exact) mass is 309 g/mol. The SMILES string of the molecule is Cc1cccc(C(=O)NNC(=O)Nc2cc3ccccc3o2)c1. The molecule has 0 saturated carbocycles. The van der Waals surface area contributed by atoms with Gasteiger partial charge in [0.15, 0.2) is 0 Å². The fourth-order valence-electron chi connectivity index (χ4n) is 2.16. The summed E-state index contributed by atoms with van der Waals surface area (Å²) in [6, 6.07) is 15.6. The van der Waals surface area contributed by atoms with E-state index in [-0.39, 0.29) is 0 Å². The van der Waals surface area contributed by atoms with Crippen molar-refractivity contribution in [2.75, 3.05) is 5.32 Å². The van der Waals surface area contributed by atoms with E-state index in [0.29, 0.717) is 17.0 Å². The number of aryl methyl sites for hydroxylation is 1.